The van der Waals surface area contributed by atoms with Crippen molar-refractivity contribution in [2.75, 3.05) is 0 Å². The first-order valence-corrected chi connectivity index (χ1v) is 4.84. The molecule has 0 aliphatic heterocycles. The van der Waals surface area contributed by atoms with Crippen LogP contribution in [0.15, 0.2) is 30.6 Å². The Bertz CT molecular complexity index is 462. The van der Waals surface area contributed by atoms with Gasteiger partial charge in [-0.25, -0.2) is 4.39 Å². The molecule has 0 saturated heterocycles. The van der Waals surface area contributed by atoms with Crippen LogP contribution in [0.4, 0.5) is 4.39 Å². The molecule has 0 saturated carbocycles. The Morgan fingerprint density at radius 3 is 2.80 bits per heavy atom. The van der Waals surface area contributed by atoms with E-state index in [2.05, 4.69) is 10.2 Å². The summed E-state index contributed by atoms with van der Waals surface area (Å²) in [6, 6.07) is 6.64. The molecule has 0 atom stereocenters. The fraction of sp³-hybridized carbons (Fsp3) is 0.273. The number of hydrogen-bond acceptors (Lipinski definition) is 2. The normalized spacial score (nSPS) is 10.9. The van der Waals surface area contributed by atoms with Crippen molar-refractivity contribution in [1.29, 1.82) is 0 Å². The topological polar surface area (TPSA) is 30.7 Å². The lowest BCUT2D eigenvalue weighted by atomic mass is 10.2. The standard InChI is InChI=1S/C11H12FN3/c1-8(2)15-7-13-14-11(15)9-4-3-5-10(12)6-9/h3-8H,1-2H3. The molecule has 1 aromatic heterocycles. The van der Waals surface area contributed by atoms with Gasteiger partial charge in [-0.15, -0.1) is 10.2 Å². The van der Waals surface area contributed by atoms with Crippen molar-refractivity contribution in [3.8, 4) is 11.4 Å². The van der Waals surface area contributed by atoms with Crippen LogP contribution in [0.3, 0.4) is 0 Å². The first kappa shape index (κ1) is 9.83. The highest BCUT2D eigenvalue weighted by Crippen LogP contribution is 2.20. The van der Waals surface area contributed by atoms with E-state index in [0.717, 1.165) is 5.56 Å². The van der Waals surface area contributed by atoms with Crippen LogP contribution in [0.2, 0.25) is 0 Å². The molecular formula is C11H12FN3. The molecule has 1 aromatic carbocycles. The van der Waals surface area contributed by atoms with E-state index in [0.29, 0.717) is 5.82 Å². The first-order chi connectivity index (χ1) is 7.18. The molecule has 0 unspecified atom stereocenters. The molecule has 0 bridgehead atoms. The third-order valence-corrected chi connectivity index (χ3v) is 2.21. The zero-order chi connectivity index (χ0) is 10.8. The molecule has 0 fully saturated rings. The fourth-order valence-electron chi connectivity index (χ4n) is 1.45. The number of rotatable bonds is 2. The number of benzene rings is 1. The van der Waals surface area contributed by atoms with E-state index in [1.807, 2.05) is 24.5 Å². The van der Waals surface area contributed by atoms with Crippen LogP contribution < -0.4 is 0 Å². The molecule has 1 heterocycles. The number of nitrogens with zero attached hydrogens (tertiary/aromatic N) is 3. The predicted octanol–water partition coefficient (Wildman–Crippen LogP) is 2.67. The van der Waals surface area contributed by atoms with E-state index in [9.17, 15) is 4.39 Å². The van der Waals surface area contributed by atoms with E-state index in [-0.39, 0.29) is 11.9 Å². The van der Waals surface area contributed by atoms with E-state index in [1.165, 1.54) is 12.1 Å². The number of aromatic nitrogens is 3. The molecule has 0 amide bonds. The third-order valence-electron chi connectivity index (χ3n) is 2.21. The summed E-state index contributed by atoms with van der Waals surface area (Å²) in [5.74, 6) is 0.440. The van der Waals surface area contributed by atoms with Crippen LogP contribution in [0.25, 0.3) is 11.4 Å². The lowest BCUT2D eigenvalue weighted by molar-refractivity contribution is 0.602. The minimum atomic E-state index is -0.259. The predicted molar refractivity (Wildman–Crippen MR) is 55.8 cm³/mol. The molecule has 0 radical (unpaired) electrons. The molecule has 0 aliphatic rings. The summed E-state index contributed by atoms with van der Waals surface area (Å²) in [6.07, 6.45) is 1.66. The molecule has 0 aliphatic carbocycles. The van der Waals surface area contributed by atoms with E-state index >= 15 is 0 Å². The molecule has 15 heavy (non-hydrogen) atoms. The molecule has 0 N–H and O–H groups in total. The summed E-state index contributed by atoms with van der Waals surface area (Å²) < 4.78 is 14.9. The van der Waals surface area contributed by atoms with Gasteiger partial charge in [0.05, 0.1) is 0 Å². The van der Waals surface area contributed by atoms with Crippen molar-refractivity contribution in [1.82, 2.24) is 14.8 Å². The SMILES string of the molecule is CC(C)n1cnnc1-c1cccc(F)c1. The maximum absolute atomic E-state index is 13.0. The second-order valence-corrected chi connectivity index (χ2v) is 3.67. The molecule has 2 aromatic rings. The highest BCUT2D eigenvalue weighted by molar-refractivity contribution is 5.54. The van der Waals surface area contributed by atoms with Crippen molar-refractivity contribution in [2.45, 2.75) is 19.9 Å². The lowest BCUT2D eigenvalue weighted by Gasteiger charge is -2.09. The maximum atomic E-state index is 13.0. The second-order valence-electron chi connectivity index (χ2n) is 3.67. The molecule has 3 nitrogen and oxygen atoms in total. The van der Waals surface area contributed by atoms with Gasteiger partial charge in [0.25, 0.3) is 0 Å². The Morgan fingerprint density at radius 1 is 1.33 bits per heavy atom. The Labute approximate surface area is 87.6 Å². The van der Waals surface area contributed by atoms with Gasteiger partial charge in [-0.1, -0.05) is 12.1 Å². The minimum absolute atomic E-state index is 0.259. The van der Waals surface area contributed by atoms with Crippen molar-refractivity contribution in [2.24, 2.45) is 0 Å². The van der Waals surface area contributed by atoms with Gasteiger partial charge < -0.3 is 4.57 Å². The fourth-order valence-corrected chi connectivity index (χ4v) is 1.45. The Kier molecular flexibility index (Phi) is 2.49. The average Bonchev–Trinajstić information content (AvgIpc) is 2.65. The summed E-state index contributed by atoms with van der Waals surface area (Å²) in [6.45, 7) is 4.07. The van der Waals surface area contributed by atoms with Gasteiger partial charge >= 0.3 is 0 Å². The molecule has 2 rings (SSSR count). The van der Waals surface area contributed by atoms with Gasteiger partial charge in [0.15, 0.2) is 5.82 Å². The van der Waals surface area contributed by atoms with Crippen LogP contribution in [-0.2, 0) is 0 Å². The zero-order valence-electron chi connectivity index (χ0n) is 8.68. The van der Waals surface area contributed by atoms with Crippen LogP contribution in [0.1, 0.15) is 19.9 Å². The van der Waals surface area contributed by atoms with E-state index < -0.39 is 0 Å². The second kappa shape index (κ2) is 3.81. The van der Waals surface area contributed by atoms with Gasteiger partial charge in [-0.05, 0) is 26.0 Å². The van der Waals surface area contributed by atoms with E-state index in [1.54, 1.807) is 12.4 Å². The molecule has 0 spiro atoms. The number of halogens is 1. The van der Waals surface area contributed by atoms with Gasteiger partial charge in [-0.3, -0.25) is 0 Å². The van der Waals surface area contributed by atoms with Crippen LogP contribution in [-0.4, -0.2) is 14.8 Å². The highest BCUT2D eigenvalue weighted by atomic mass is 19.1. The lowest BCUT2D eigenvalue weighted by Crippen LogP contribution is -2.01. The summed E-state index contributed by atoms with van der Waals surface area (Å²) >= 11 is 0. The monoisotopic (exact) mass is 205 g/mol. The largest absolute Gasteiger partial charge is 0.311 e. The van der Waals surface area contributed by atoms with Gasteiger partial charge in [0.1, 0.15) is 12.1 Å². The van der Waals surface area contributed by atoms with Crippen molar-refractivity contribution in [3.05, 3.63) is 36.4 Å². The molecule has 4 heteroatoms. The summed E-state index contributed by atoms with van der Waals surface area (Å²) in [7, 11) is 0. The summed E-state index contributed by atoms with van der Waals surface area (Å²) in [5.41, 5.74) is 0.751. The quantitative estimate of drug-likeness (QED) is 0.754. The highest BCUT2D eigenvalue weighted by Gasteiger charge is 2.09. The van der Waals surface area contributed by atoms with Gasteiger partial charge in [0, 0.05) is 11.6 Å². The van der Waals surface area contributed by atoms with Crippen LogP contribution in [0, 0.1) is 5.82 Å². The smallest absolute Gasteiger partial charge is 0.164 e. The van der Waals surface area contributed by atoms with Crippen LogP contribution >= 0.6 is 0 Å². The average molecular weight is 205 g/mol. The maximum Gasteiger partial charge on any atom is 0.164 e. The summed E-state index contributed by atoms with van der Waals surface area (Å²) in [5, 5.41) is 7.84. The Hall–Kier alpha value is -1.71. The van der Waals surface area contributed by atoms with Crippen LogP contribution in [0.5, 0.6) is 0 Å². The zero-order valence-corrected chi connectivity index (χ0v) is 8.68. The van der Waals surface area contributed by atoms with Crippen molar-refractivity contribution >= 4 is 0 Å². The Morgan fingerprint density at radius 2 is 2.13 bits per heavy atom. The minimum Gasteiger partial charge on any atom is -0.311 e. The van der Waals surface area contributed by atoms with Crippen molar-refractivity contribution in [3.63, 3.8) is 0 Å². The Balaban J connectivity index is 2.49. The third kappa shape index (κ3) is 1.88. The van der Waals surface area contributed by atoms with Gasteiger partial charge in [-0.2, -0.15) is 0 Å². The number of hydrogen-bond donors (Lipinski definition) is 0. The first-order valence-electron chi connectivity index (χ1n) is 4.84. The summed E-state index contributed by atoms with van der Waals surface area (Å²) in [4.78, 5) is 0. The molecule has 78 valence electrons. The molecular weight excluding hydrogens is 193 g/mol. The van der Waals surface area contributed by atoms with E-state index in [4.69, 9.17) is 0 Å². The van der Waals surface area contributed by atoms with Gasteiger partial charge in [0.2, 0.25) is 0 Å². The van der Waals surface area contributed by atoms with Crippen molar-refractivity contribution < 1.29 is 4.39 Å².